The van der Waals surface area contributed by atoms with Gasteiger partial charge in [0, 0.05) is 11.9 Å². The van der Waals surface area contributed by atoms with Crippen molar-refractivity contribution in [2.24, 2.45) is 0 Å². The predicted octanol–water partition coefficient (Wildman–Crippen LogP) is 0.710. The summed E-state index contributed by atoms with van der Waals surface area (Å²) in [6.07, 6.45) is 1.65. The molecular weight excluding hydrogens is 248 g/mol. The van der Waals surface area contributed by atoms with Crippen LogP contribution in [0.2, 0.25) is 0 Å². The molecule has 0 aliphatic heterocycles. The molecule has 14 heavy (non-hydrogen) atoms. The van der Waals surface area contributed by atoms with Crippen molar-refractivity contribution in [3.63, 3.8) is 0 Å². The molecule has 0 bridgehead atoms. The molecule has 0 spiro atoms. The first-order valence-corrected chi connectivity index (χ1v) is 4.64. The number of nitrogens with zero attached hydrogens (tertiary/aromatic N) is 5. The van der Waals surface area contributed by atoms with Crippen LogP contribution in [-0.4, -0.2) is 24.7 Å². The third-order valence-corrected chi connectivity index (χ3v) is 2.07. The lowest BCUT2D eigenvalue weighted by Crippen LogP contribution is -2.04. The molecule has 0 amide bonds. The van der Waals surface area contributed by atoms with Gasteiger partial charge in [0.25, 0.3) is 5.95 Å². The number of hydrogen-bond acceptors (Lipinski definition) is 5. The summed E-state index contributed by atoms with van der Waals surface area (Å²) in [6, 6.07) is 1.80. The van der Waals surface area contributed by atoms with Gasteiger partial charge < -0.3 is 5.73 Å². The first-order valence-electron chi connectivity index (χ1n) is 3.85. The van der Waals surface area contributed by atoms with Gasteiger partial charge in [0.2, 0.25) is 10.7 Å². The van der Waals surface area contributed by atoms with Gasteiger partial charge in [-0.1, -0.05) is 0 Å². The highest BCUT2D eigenvalue weighted by Gasteiger charge is 2.08. The second-order valence-corrected chi connectivity index (χ2v) is 3.36. The van der Waals surface area contributed by atoms with E-state index in [0.717, 1.165) is 5.69 Å². The van der Waals surface area contributed by atoms with Crippen LogP contribution >= 0.6 is 15.9 Å². The molecule has 0 aliphatic carbocycles. The maximum atomic E-state index is 5.43. The van der Waals surface area contributed by atoms with E-state index in [1.54, 1.807) is 12.3 Å². The first kappa shape index (κ1) is 9.07. The van der Waals surface area contributed by atoms with Crippen LogP contribution in [0.3, 0.4) is 0 Å². The average Bonchev–Trinajstić information content (AvgIpc) is 2.45. The SMILES string of the molecule is Cc1ccnc(-n2nc(N)nc2Br)n1. The lowest BCUT2D eigenvalue weighted by Gasteiger charge is -1.99. The third-order valence-electron chi connectivity index (χ3n) is 1.56. The minimum atomic E-state index is 0.182. The Kier molecular flexibility index (Phi) is 2.16. The lowest BCUT2D eigenvalue weighted by molar-refractivity contribution is 0.785. The Morgan fingerprint density at radius 3 is 2.79 bits per heavy atom. The summed E-state index contributed by atoms with van der Waals surface area (Å²) in [5, 5.41) is 3.93. The molecule has 0 radical (unpaired) electrons. The van der Waals surface area contributed by atoms with Crippen molar-refractivity contribution in [1.29, 1.82) is 0 Å². The second-order valence-electron chi connectivity index (χ2n) is 2.65. The van der Waals surface area contributed by atoms with Crippen molar-refractivity contribution in [2.45, 2.75) is 6.92 Å². The standard InChI is InChI=1S/C7H7BrN6/c1-4-2-3-10-7(11-4)14-5(8)12-6(9)13-14/h2-3H,1H3,(H2,9,13). The van der Waals surface area contributed by atoms with Crippen molar-refractivity contribution < 1.29 is 0 Å². The molecular formula is C7H7BrN6. The number of halogens is 1. The summed E-state index contributed by atoms with van der Waals surface area (Å²) >= 11 is 3.21. The van der Waals surface area contributed by atoms with Crippen molar-refractivity contribution >= 4 is 21.9 Å². The van der Waals surface area contributed by atoms with E-state index < -0.39 is 0 Å². The predicted molar refractivity (Wildman–Crippen MR) is 53.8 cm³/mol. The van der Waals surface area contributed by atoms with Crippen LogP contribution < -0.4 is 5.73 Å². The summed E-state index contributed by atoms with van der Waals surface area (Å²) in [5.41, 5.74) is 6.28. The van der Waals surface area contributed by atoms with Crippen molar-refractivity contribution in [3.8, 4) is 5.95 Å². The molecule has 72 valence electrons. The zero-order valence-electron chi connectivity index (χ0n) is 7.35. The molecule has 0 aromatic carbocycles. The number of nitrogens with two attached hydrogens (primary N) is 1. The topological polar surface area (TPSA) is 82.5 Å². The van der Waals surface area contributed by atoms with Crippen LogP contribution in [-0.2, 0) is 0 Å². The minimum absolute atomic E-state index is 0.182. The molecule has 2 N–H and O–H groups in total. The lowest BCUT2D eigenvalue weighted by atomic mass is 10.5. The minimum Gasteiger partial charge on any atom is -0.366 e. The molecule has 0 aliphatic rings. The fourth-order valence-corrected chi connectivity index (χ4v) is 1.39. The summed E-state index contributed by atoms with van der Waals surface area (Å²) < 4.78 is 1.92. The molecule has 2 heterocycles. The molecule has 0 atom stereocenters. The van der Waals surface area contributed by atoms with Gasteiger partial charge >= 0.3 is 0 Å². The van der Waals surface area contributed by atoms with Crippen LogP contribution in [0.4, 0.5) is 5.95 Å². The average molecular weight is 255 g/mol. The van der Waals surface area contributed by atoms with Gasteiger partial charge in [0.1, 0.15) is 0 Å². The molecule has 2 rings (SSSR count). The third kappa shape index (κ3) is 1.58. The van der Waals surface area contributed by atoms with Gasteiger partial charge in [-0.05, 0) is 28.9 Å². The van der Waals surface area contributed by atoms with Crippen LogP contribution in [0.5, 0.6) is 0 Å². The molecule has 0 saturated carbocycles. The summed E-state index contributed by atoms with van der Waals surface area (Å²) in [7, 11) is 0. The van der Waals surface area contributed by atoms with Crippen LogP contribution in [0.1, 0.15) is 5.69 Å². The van der Waals surface area contributed by atoms with Crippen molar-refractivity contribution in [3.05, 3.63) is 22.7 Å². The number of nitrogen functional groups attached to an aromatic ring is 1. The molecule has 7 heteroatoms. The van der Waals surface area contributed by atoms with E-state index in [9.17, 15) is 0 Å². The maximum absolute atomic E-state index is 5.43. The summed E-state index contributed by atoms with van der Waals surface area (Å²) in [6.45, 7) is 1.87. The monoisotopic (exact) mass is 254 g/mol. The number of hydrogen-bond donors (Lipinski definition) is 1. The molecule has 0 unspecified atom stereocenters. The highest BCUT2D eigenvalue weighted by molar-refractivity contribution is 9.10. The Balaban J connectivity index is 2.54. The Morgan fingerprint density at radius 1 is 1.43 bits per heavy atom. The molecule has 0 fully saturated rings. The van der Waals surface area contributed by atoms with Crippen molar-refractivity contribution in [2.75, 3.05) is 5.73 Å². The molecule has 2 aromatic rings. The van der Waals surface area contributed by atoms with E-state index in [1.165, 1.54) is 4.68 Å². The Morgan fingerprint density at radius 2 is 2.21 bits per heavy atom. The zero-order chi connectivity index (χ0) is 10.1. The second kappa shape index (κ2) is 3.33. The van der Waals surface area contributed by atoms with Gasteiger partial charge in [-0.15, -0.1) is 5.10 Å². The van der Waals surface area contributed by atoms with E-state index in [-0.39, 0.29) is 5.95 Å². The van der Waals surface area contributed by atoms with Gasteiger partial charge in [0.05, 0.1) is 0 Å². The number of aryl methyl sites for hydroxylation is 1. The molecule has 6 nitrogen and oxygen atoms in total. The van der Waals surface area contributed by atoms with Crippen LogP contribution in [0.25, 0.3) is 5.95 Å². The van der Waals surface area contributed by atoms with Gasteiger partial charge in [-0.2, -0.15) is 9.67 Å². The smallest absolute Gasteiger partial charge is 0.253 e. The van der Waals surface area contributed by atoms with Crippen molar-refractivity contribution in [1.82, 2.24) is 24.7 Å². The van der Waals surface area contributed by atoms with Crippen LogP contribution in [0, 0.1) is 6.92 Å². The maximum Gasteiger partial charge on any atom is 0.253 e. The Labute approximate surface area is 88.3 Å². The Bertz CT molecular complexity index is 465. The van der Waals surface area contributed by atoms with E-state index in [2.05, 4.69) is 36.0 Å². The van der Waals surface area contributed by atoms with Crippen LogP contribution in [0.15, 0.2) is 17.0 Å². The van der Waals surface area contributed by atoms with Gasteiger partial charge in [-0.25, -0.2) is 9.97 Å². The van der Waals surface area contributed by atoms with E-state index >= 15 is 0 Å². The number of aromatic nitrogens is 5. The fraction of sp³-hybridized carbons (Fsp3) is 0.143. The Hall–Kier alpha value is -1.50. The first-order chi connectivity index (χ1) is 6.66. The van der Waals surface area contributed by atoms with E-state index in [4.69, 9.17) is 5.73 Å². The quantitative estimate of drug-likeness (QED) is 0.811. The fourth-order valence-electron chi connectivity index (χ4n) is 0.973. The highest BCUT2D eigenvalue weighted by atomic mass is 79.9. The molecule has 2 aromatic heterocycles. The summed E-state index contributed by atoms with van der Waals surface area (Å²) in [4.78, 5) is 12.1. The van der Waals surface area contributed by atoms with E-state index in [1.807, 2.05) is 6.92 Å². The normalized spacial score (nSPS) is 10.4. The highest BCUT2D eigenvalue weighted by Crippen LogP contribution is 2.11. The molecule has 0 saturated heterocycles. The number of anilines is 1. The largest absolute Gasteiger partial charge is 0.366 e. The van der Waals surface area contributed by atoms with Gasteiger partial charge in [0.15, 0.2) is 0 Å². The summed E-state index contributed by atoms with van der Waals surface area (Å²) in [5.74, 6) is 0.628. The number of rotatable bonds is 1. The zero-order valence-corrected chi connectivity index (χ0v) is 8.93. The van der Waals surface area contributed by atoms with E-state index in [0.29, 0.717) is 10.7 Å². The van der Waals surface area contributed by atoms with Gasteiger partial charge in [-0.3, -0.25) is 0 Å².